The Bertz CT molecular complexity index is 317. The molecule has 0 bridgehead atoms. The number of ether oxygens (including phenoxy) is 1. The van der Waals surface area contributed by atoms with E-state index in [4.69, 9.17) is 4.74 Å². The predicted molar refractivity (Wildman–Crippen MR) is 62.4 cm³/mol. The summed E-state index contributed by atoms with van der Waals surface area (Å²) < 4.78 is 42.8. The monoisotopic (exact) mass is 264 g/mol. The van der Waals surface area contributed by atoms with Gasteiger partial charge in [-0.1, -0.05) is 6.08 Å². The Hall–Kier alpha value is -0.590. The number of hydrogen-bond donors (Lipinski definition) is 1. The van der Waals surface area contributed by atoms with E-state index >= 15 is 0 Å². The van der Waals surface area contributed by atoms with Crippen molar-refractivity contribution in [1.82, 2.24) is 10.2 Å². The molecule has 0 aromatic rings. The molecule has 104 valence electrons. The Morgan fingerprint density at radius 1 is 1.44 bits per heavy atom. The summed E-state index contributed by atoms with van der Waals surface area (Å²) in [6.07, 6.45) is -2.74. The number of hydrogen-bond acceptors (Lipinski definition) is 3. The largest absolute Gasteiger partial charge is 0.412 e. The molecule has 3 nitrogen and oxygen atoms in total. The van der Waals surface area contributed by atoms with Crippen LogP contribution in [0.1, 0.15) is 6.42 Å². The minimum Gasteiger partial charge on any atom is -0.379 e. The minimum atomic E-state index is -4.16. The summed E-state index contributed by atoms with van der Waals surface area (Å²) in [5, 5.41) is 3.19. The van der Waals surface area contributed by atoms with Crippen molar-refractivity contribution >= 4 is 0 Å². The summed E-state index contributed by atoms with van der Waals surface area (Å²) in [4.78, 5) is 2.07. The van der Waals surface area contributed by atoms with Crippen molar-refractivity contribution in [2.75, 3.05) is 39.9 Å². The van der Waals surface area contributed by atoms with E-state index in [1.165, 1.54) is 6.08 Å². The molecule has 0 aromatic heterocycles. The zero-order valence-electron chi connectivity index (χ0n) is 10.5. The number of rotatable bonds is 3. The van der Waals surface area contributed by atoms with E-state index in [-0.39, 0.29) is 12.0 Å². The van der Waals surface area contributed by atoms with Crippen LogP contribution in [0.3, 0.4) is 0 Å². The number of halogens is 3. The van der Waals surface area contributed by atoms with Crippen molar-refractivity contribution in [3.8, 4) is 0 Å². The Balaban J connectivity index is 1.85. The fourth-order valence-corrected chi connectivity index (χ4v) is 2.56. The summed E-state index contributed by atoms with van der Waals surface area (Å²) in [5.41, 5.74) is -0.383. The lowest BCUT2D eigenvalue weighted by atomic mass is 10.0. The van der Waals surface area contributed by atoms with Gasteiger partial charge in [-0.2, -0.15) is 13.2 Å². The lowest BCUT2D eigenvalue weighted by Crippen LogP contribution is -2.42. The molecule has 1 N–H and O–H groups in total. The Morgan fingerprint density at radius 2 is 2.22 bits per heavy atom. The highest BCUT2D eigenvalue weighted by Gasteiger charge is 2.35. The van der Waals surface area contributed by atoms with Gasteiger partial charge in [-0.15, -0.1) is 0 Å². The summed E-state index contributed by atoms with van der Waals surface area (Å²) in [7, 11) is 1.89. The SMILES string of the molecule is CNC1COCC1CN1CC=C(C(F)(F)F)CC1. The van der Waals surface area contributed by atoms with Crippen LogP contribution in [0.25, 0.3) is 0 Å². The Kier molecular flexibility index (Phi) is 4.29. The second-order valence-corrected chi connectivity index (χ2v) is 4.93. The van der Waals surface area contributed by atoms with Gasteiger partial charge in [0, 0.05) is 37.2 Å². The zero-order valence-corrected chi connectivity index (χ0v) is 10.5. The maximum absolute atomic E-state index is 12.5. The summed E-state index contributed by atoms with van der Waals surface area (Å²) in [5.74, 6) is 0.371. The van der Waals surface area contributed by atoms with Gasteiger partial charge < -0.3 is 10.1 Å². The molecular formula is C12H19F3N2O. The fourth-order valence-electron chi connectivity index (χ4n) is 2.56. The molecule has 0 spiro atoms. The van der Waals surface area contributed by atoms with Crippen molar-refractivity contribution in [2.45, 2.75) is 18.6 Å². The molecule has 0 radical (unpaired) electrons. The third-order valence-electron chi connectivity index (χ3n) is 3.72. The molecule has 2 unspecified atom stereocenters. The minimum absolute atomic E-state index is 0.0985. The first-order valence-corrected chi connectivity index (χ1v) is 6.24. The first-order valence-electron chi connectivity index (χ1n) is 6.24. The summed E-state index contributed by atoms with van der Waals surface area (Å²) in [6.45, 7) is 3.06. The molecule has 6 heteroatoms. The normalized spacial score (nSPS) is 30.6. The van der Waals surface area contributed by atoms with E-state index in [1.807, 2.05) is 7.05 Å². The molecule has 1 saturated heterocycles. The van der Waals surface area contributed by atoms with Crippen LogP contribution < -0.4 is 5.32 Å². The van der Waals surface area contributed by atoms with Gasteiger partial charge in [0.25, 0.3) is 0 Å². The molecule has 18 heavy (non-hydrogen) atoms. The molecular weight excluding hydrogens is 245 g/mol. The topological polar surface area (TPSA) is 24.5 Å². The van der Waals surface area contributed by atoms with Crippen LogP contribution in [0, 0.1) is 5.92 Å². The van der Waals surface area contributed by atoms with Crippen LogP contribution in [-0.2, 0) is 4.74 Å². The fraction of sp³-hybridized carbons (Fsp3) is 0.833. The van der Waals surface area contributed by atoms with E-state index < -0.39 is 6.18 Å². The number of alkyl halides is 3. The third kappa shape index (κ3) is 3.24. The first kappa shape index (κ1) is 13.8. The van der Waals surface area contributed by atoms with Crippen LogP contribution in [0.5, 0.6) is 0 Å². The summed E-state index contributed by atoms with van der Waals surface area (Å²) in [6, 6.07) is 0.318. The number of nitrogens with one attached hydrogen (secondary N) is 1. The second-order valence-electron chi connectivity index (χ2n) is 4.93. The molecule has 2 heterocycles. The van der Waals surface area contributed by atoms with Crippen LogP contribution in [0.15, 0.2) is 11.6 Å². The van der Waals surface area contributed by atoms with Gasteiger partial charge in [0.2, 0.25) is 0 Å². The van der Waals surface area contributed by atoms with E-state index in [0.29, 0.717) is 38.3 Å². The highest BCUT2D eigenvalue weighted by molar-refractivity contribution is 5.13. The lowest BCUT2D eigenvalue weighted by Gasteiger charge is -2.30. The summed E-state index contributed by atoms with van der Waals surface area (Å²) >= 11 is 0. The van der Waals surface area contributed by atoms with Crippen molar-refractivity contribution in [2.24, 2.45) is 5.92 Å². The third-order valence-corrected chi connectivity index (χ3v) is 3.72. The highest BCUT2D eigenvalue weighted by Crippen LogP contribution is 2.30. The maximum Gasteiger partial charge on any atom is 0.412 e. The average Bonchev–Trinajstić information content (AvgIpc) is 2.76. The van der Waals surface area contributed by atoms with Crippen molar-refractivity contribution in [3.05, 3.63) is 11.6 Å². The molecule has 0 amide bonds. The van der Waals surface area contributed by atoms with Crippen LogP contribution in [-0.4, -0.2) is 57.0 Å². The lowest BCUT2D eigenvalue weighted by molar-refractivity contribution is -0.0961. The van der Waals surface area contributed by atoms with Gasteiger partial charge in [0.05, 0.1) is 13.2 Å². The second kappa shape index (κ2) is 5.59. The van der Waals surface area contributed by atoms with Gasteiger partial charge >= 0.3 is 6.18 Å². The smallest absolute Gasteiger partial charge is 0.379 e. The Morgan fingerprint density at radius 3 is 2.78 bits per heavy atom. The molecule has 2 aliphatic rings. The van der Waals surface area contributed by atoms with Crippen molar-refractivity contribution in [1.29, 1.82) is 0 Å². The quantitative estimate of drug-likeness (QED) is 0.780. The molecule has 2 rings (SSSR count). The molecule has 2 atom stereocenters. The van der Waals surface area contributed by atoms with Crippen molar-refractivity contribution < 1.29 is 17.9 Å². The van der Waals surface area contributed by atoms with Crippen LogP contribution in [0.2, 0.25) is 0 Å². The van der Waals surface area contributed by atoms with E-state index in [1.54, 1.807) is 0 Å². The van der Waals surface area contributed by atoms with Crippen LogP contribution >= 0.6 is 0 Å². The average molecular weight is 264 g/mol. The van der Waals surface area contributed by atoms with Gasteiger partial charge in [-0.05, 0) is 13.5 Å². The molecule has 1 fully saturated rings. The molecule has 0 aliphatic carbocycles. The predicted octanol–water partition coefficient (Wildman–Crippen LogP) is 1.42. The number of likely N-dealkylation sites (N-methyl/N-ethyl adjacent to an activating group) is 1. The van der Waals surface area contributed by atoms with E-state index in [2.05, 4.69) is 10.2 Å². The molecule has 0 aromatic carbocycles. The van der Waals surface area contributed by atoms with Crippen LogP contribution in [0.4, 0.5) is 13.2 Å². The number of nitrogens with zero attached hydrogens (tertiary/aromatic N) is 1. The van der Waals surface area contributed by atoms with Gasteiger partial charge in [0.15, 0.2) is 0 Å². The molecule has 0 saturated carbocycles. The maximum atomic E-state index is 12.5. The first-order chi connectivity index (χ1) is 8.50. The van der Waals surface area contributed by atoms with E-state index in [0.717, 1.165) is 6.54 Å². The standard InChI is InChI=1S/C12H19F3N2O/c1-16-11-8-18-7-9(11)6-17-4-2-10(3-5-17)12(13,14)15/h2,9,11,16H,3-8H2,1H3. The highest BCUT2D eigenvalue weighted by atomic mass is 19.4. The zero-order chi connectivity index (χ0) is 13.2. The van der Waals surface area contributed by atoms with Crippen molar-refractivity contribution in [3.63, 3.8) is 0 Å². The molecule has 2 aliphatic heterocycles. The Labute approximate surface area is 105 Å². The van der Waals surface area contributed by atoms with E-state index in [9.17, 15) is 13.2 Å². The van der Waals surface area contributed by atoms with Gasteiger partial charge in [-0.25, -0.2) is 0 Å². The van der Waals surface area contributed by atoms with Gasteiger partial charge in [0.1, 0.15) is 0 Å². The van der Waals surface area contributed by atoms with Gasteiger partial charge in [-0.3, -0.25) is 4.90 Å².